The number of rotatable bonds is 1. The highest BCUT2D eigenvalue weighted by atomic mass is 16.2. The number of aromatic amines is 1. The second-order valence-corrected chi connectivity index (χ2v) is 8.55. The van der Waals surface area contributed by atoms with Crippen molar-refractivity contribution in [3.63, 3.8) is 0 Å². The van der Waals surface area contributed by atoms with Crippen molar-refractivity contribution in [2.24, 2.45) is 5.41 Å². The van der Waals surface area contributed by atoms with Crippen LogP contribution in [0.4, 0.5) is 0 Å². The molecule has 3 rings (SSSR count). The van der Waals surface area contributed by atoms with E-state index in [-0.39, 0.29) is 28.7 Å². The molecule has 0 saturated carbocycles. The molecule has 0 radical (unpaired) electrons. The highest BCUT2D eigenvalue weighted by Crippen LogP contribution is 2.33. The molecule has 23 heavy (non-hydrogen) atoms. The summed E-state index contributed by atoms with van der Waals surface area (Å²) in [7, 11) is 0. The van der Waals surface area contributed by atoms with E-state index in [1.165, 1.54) is 0 Å². The van der Waals surface area contributed by atoms with Crippen molar-refractivity contribution < 1.29 is 9.59 Å². The summed E-state index contributed by atoms with van der Waals surface area (Å²) in [5.41, 5.74) is 1.19. The fourth-order valence-corrected chi connectivity index (χ4v) is 3.42. The van der Waals surface area contributed by atoms with E-state index >= 15 is 0 Å². The van der Waals surface area contributed by atoms with Crippen LogP contribution in [0.15, 0.2) is 0 Å². The summed E-state index contributed by atoms with van der Waals surface area (Å²) in [5.74, 6) is 0.830. The Morgan fingerprint density at radius 1 is 1.26 bits per heavy atom. The Balaban J connectivity index is 1.88. The molecule has 3 heterocycles. The van der Waals surface area contributed by atoms with Crippen molar-refractivity contribution in [3.8, 4) is 0 Å². The smallest absolute Gasteiger partial charge is 0.271 e. The van der Waals surface area contributed by atoms with Crippen molar-refractivity contribution in [3.05, 3.63) is 17.2 Å². The van der Waals surface area contributed by atoms with Crippen LogP contribution in [-0.2, 0) is 11.2 Å². The van der Waals surface area contributed by atoms with E-state index < -0.39 is 0 Å². The van der Waals surface area contributed by atoms with Crippen LogP contribution in [0.3, 0.4) is 0 Å². The molecule has 1 aromatic rings. The van der Waals surface area contributed by atoms with E-state index in [4.69, 9.17) is 0 Å². The molecule has 2 aliphatic heterocycles. The third kappa shape index (κ3) is 2.99. The lowest BCUT2D eigenvalue weighted by Gasteiger charge is -2.31. The number of nitrogens with zero attached hydrogens (tertiary/aromatic N) is 2. The Hall–Kier alpha value is -1.85. The number of aromatic nitrogens is 2. The lowest BCUT2D eigenvalue weighted by molar-refractivity contribution is -0.131. The number of hydrogen-bond donors (Lipinski definition) is 2. The number of fused-ring (bicyclic) bond motifs is 1. The van der Waals surface area contributed by atoms with Crippen LogP contribution in [0.25, 0.3) is 0 Å². The first-order chi connectivity index (χ1) is 10.6. The molecule has 6 nitrogen and oxygen atoms in total. The monoisotopic (exact) mass is 318 g/mol. The zero-order valence-electron chi connectivity index (χ0n) is 14.6. The predicted molar refractivity (Wildman–Crippen MR) is 87.2 cm³/mol. The van der Waals surface area contributed by atoms with Gasteiger partial charge in [0.05, 0.1) is 0 Å². The zero-order valence-corrected chi connectivity index (χ0v) is 14.6. The maximum atomic E-state index is 12.3. The van der Waals surface area contributed by atoms with E-state index in [1.807, 2.05) is 25.7 Å². The van der Waals surface area contributed by atoms with Crippen LogP contribution in [0.5, 0.6) is 0 Å². The number of amides is 2. The summed E-state index contributed by atoms with van der Waals surface area (Å²) >= 11 is 0. The van der Waals surface area contributed by atoms with Crippen LogP contribution < -0.4 is 5.32 Å². The minimum Gasteiger partial charge on any atom is -0.350 e. The van der Waals surface area contributed by atoms with Crippen LogP contribution in [-0.4, -0.2) is 45.3 Å². The number of nitrogens with one attached hydrogen (secondary N) is 2. The Morgan fingerprint density at radius 2 is 1.96 bits per heavy atom. The predicted octanol–water partition coefficient (Wildman–Crippen LogP) is 1.84. The normalized spacial score (nSPS) is 24.4. The summed E-state index contributed by atoms with van der Waals surface area (Å²) < 4.78 is 0. The molecular weight excluding hydrogens is 292 g/mol. The first-order valence-electron chi connectivity index (χ1n) is 8.24. The molecular formula is C17H26N4O2. The van der Waals surface area contributed by atoms with E-state index in [0.29, 0.717) is 25.2 Å². The molecule has 2 N–H and O–H groups in total. The van der Waals surface area contributed by atoms with Crippen LogP contribution in [0.2, 0.25) is 0 Å². The van der Waals surface area contributed by atoms with Gasteiger partial charge < -0.3 is 15.2 Å². The average Bonchev–Trinajstić information content (AvgIpc) is 2.96. The second-order valence-electron chi connectivity index (χ2n) is 8.55. The molecule has 0 spiro atoms. The molecule has 0 aliphatic carbocycles. The highest BCUT2D eigenvalue weighted by Gasteiger charge is 2.39. The van der Waals surface area contributed by atoms with Gasteiger partial charge in [0, 0.05) is 36.7 Å². The standard InChI is InChI=1S/C17H26N4O2/c1-16(2,3)21-8-10(6-12(21)22)14-19-11-7-17(4,5)9-18-15(23)13(11)20-14/h10H,6-9H2,1-5H3,(H,18,23)(H,19,20)/t10-/m1/s1. The quantitative estimate of drug-likeness (QED) is 0.829. The molecule has 0 bridgehead atoms. The van der Waals surface area contributed by atoms with Gasteiger partial charge in [-0.05, 0) is 32.6 Å². The van der Waals surface area contributed by atoms with E-state index in [2.05, 4.69) is 29.1 Å². The van der Waals surface area contributed by atoms with Gasteiger partial charge in [0.25, 0.3) is 5.91 Å². The number of likely N-dealkylation sites (tertiary alicyclic amines) is 1. The van der Waals surface area contributed by atoms with Gasteiger partial charge in [0.1, 0.15) is 11.5 Å². The third-order valence-electron chi connectivity index (χ3n) is 4.72. The summed E-state index contributed by atoms with van der Waals surface area (Å²) in [6.45, 7) is 11.7. The van der Waals surface area contributed by atoms with E-state index in [9.17, 15) is 9.59 Å². The van der Waals surface area contributed by atoms with Crippen LogP contribution in [0, 0.1) is 5.41 Å². The maximum absolute atomic E-state index is 12.3. The Kier molecular flexibility index (Phi) is 3.54. The maximum Gasteiger partial charge on any atom is 0.271 e. The van der Waals surface area contributed by atoms with Crippen molar-refractivity contribution in [2.45, 2.75) is 58.9 Å². The highest BCUT2D eigenvalue weighted by molar-refractivity contribution is 5.94. The minimum atomic E-state index is -0.186. The third-order valence-corrected chi connectivity index (χ3v) is 4.72. The number of hydrogen-bond acceptors (Lipinski definition) is 3. The molecule has 0 aromatic carbocycles. The molecule has 2 aliphatic rings. The zero-order chi connectivity index (χ0) is 17.0. The Labute approximate surface area is 137 Å². The SMILES string of the molecule is CC1(C)CNC(=O)c2nc([C@@H]3CC(=O)N(C(C)(C)C)C3)[nH]c2C1. The molecule has 2 amide bonds. The second kappa shape index (κ2) is 5.08. The van der Waals surface area contributed by atoms with E-state index in [0.717, 1.165) is 17.9 Å². The van der Waals surface area contributed by atoms with Gasteiger partial charge in [-0.25, -0.2) is 4.98 Å². The van der Waals surface area contributed by atoms with Gasteiger partial charge >= 0.3 is 0 Å². The lowest BCUT2D eigenvalue weighted by atomic mass is 9.88. The topological polar surface area (TPSA) is 78.1 Å². The number of imidazole rings is 1. The summed E-state index contributed by atoms with van der Waals surface area (Å²) in [5, 5.41) is 2.94. The van der Waals surface area contributed by atoms with Gasteiger partial charge in [-0.15, -0.1) is 0 Å². The molecule has 126 valence electrons. The van der Waals surface area contributed by atoms with Gasteiger partial charge in [-0.3, -0.25) is 9.59 Å². The summed E-state index contributed by atoms with van der Waals surface area (Å²) in [6.07, 6.45) is 1.23. The largest absolute Gasteiger partial charge is 0.350 e. The van der Waals surface area contributed by atoms with Gasteiger partial charge in [0.15, 0.2) is 0 Å². The molecule has 1 aromatic heterocycles. The summed E-state index contributed by atoms with van der Waals surface area (Å²) in [4.78, 5) is 34.3. The molecule has 1 atom stereocenters. The van der Waals surface area contributed by atoms with E-state index in [1.54, 1.807) is 0 Å². The number of H-pyrrole nitrogens is 1. The average molecular weight is 318 g/mol. The van der Waals surface area contributed by atoms with Crippen molar-refractivity contribution in [1.82, 2.24) is 20.2 Å². The van der Waals surface area contributed by atoms with Crippen molar-refractivity contribution in [1.29, 1.82) is 0 Å². The van der Waals surface area contributed by atoms with Crippen LogP contribution in [0.1, 0.15) is 69.0 Å². The molecule has 0 unspecified atom stereocenters. The van der Waals surface area contributed by atoms with Gasteiger partial charge in [-0.2, -0.15) is 0 Å². The van der Waals surface area contributed by atoms with Crippen molar-refractivity contribution in [2.75, 3.05) is 13.1 Å². The van der Waals surface area contributed by atoms with Crippen molar-refractivity contribution >= 4 is 11.8 Å². The first-order valence-corrected chi connectivity index (χ1v) is 8.24. The molecule has 1 fully saturated rings. The Bertz CT molecular complexity index is 654. The molecule has 6 heteroatoms. The van der Waals surface area contributed by atoms with Crippen LogP contribution >= 0.6 is 0 Å². The number of carbonyl (C=O) groups is 2. The van der Waals surface area contributed by atoms with Gasteiger partial charge in [-0.1, -0.05) is 13.8 Å². The minimum absolute atomic E-state index is 0.00630. The lowest BCUT2D eigenvalue weighted by Crippen LogP contribution is -2.42. The molecule has 1 saturated heterocycles. The summed E-state index contributed by atoms with van der Waals surface area (Å²) in [6, 6.07) is 0. The fraction of sp³-hybridized carbons (Fsp3) is 0.706. The van der Waals surface area contributed by atoms with Gasteiger partial charge in [0.2, 0.25) is 5.91 Å². The first kappa shape index (κ1) is 16.0. The fourth-order valence-electron chi connectivity index (χ4n) is 3.42. The number of carbonyl (C=O) groups excluding carboxylic acids is 2. The Morgan fingerprint density at radius 3 is 2.57 bits per heavy atom.